The summed E-state index contributed by atoms with van der Waals surface area (Å²) in [6, 6.07) is 0.0615. The fraction of sp³-hybridized carbons (Fsp3) is 0.714. The summed E-state index contributed by atoms with van der Waals surface area (Å²) in [7, 11) is 0. The lowest BCUT2D eigenvalue weighted by molar-refractivity contribution is 0.00812. The maximum Gasteiger partial charge on any atom is 0.155 e. The van der Waals surface area contributed by atoms with Gasteiger partial charge in [-0.05, 0) is 32.1 Å². The van der Waals surface area contributed by atoms with Gasteiger partial charge in [0.05, 0.1) is 24.4 Å². The summed E-state index contributed by atoms with van der Waals surface area (Å²) < 4.78 is 5.96. The molecule has 1 aromatic rings. The molecule has 2 N–H and O–H groups in total. The van der Waals surface area contributed by atoms with Gasteiger partial charge in [0.2, 0.25) is 0 Å². The van der Waals surface area contributed by atoms with Crippen molar-refractivity contribution in [2.24, 2.45) is 0 Å². The zero-order valence-electron chi connectivity index (χ0n) is 11.2. The van der Waals surface area contributed by atoms with E-state index < -0.39 is 0 Å². The Balaban J connectivity index is 1.64. The van der Waals surface area contributed by atoms with E-state index in [0.717, 1.165) is 55.5 Å². The number of aromatic nitrogens is 2. The van der Waals surface area contributed by atoms with Gasteiger partial charge in [-0.3, -0.25) is 0 Å². The number of aliphatic hydroxyl groups is 1. The Labute approximate surface area is 122 Å². The van der Waals surface area contributed by atoms with Crippen LogP contribution in [-0.2, 0) is 17.8 Å². The van der Waals surface area contributed by atoms with Crippen LogP contribution in [0.5, 0.6) is 0 Å². The van der Waals surface area contributed by atoms with E-state index in [9.17, 15) is 5.11 Å². The van der Waals surface area contributed by atoms with Gasteiger partial charge in [0.1, 0.15) is 0 Å². The van der Waals surface area contributed by atoms with Crippen LogP contribution in [0, 0.1) is 0 Å². The number of rotatable bonds is 2. The zero-order valence-corrected chi connectivity index (χ0v) is 12.0. The van der Waals surface area contributed by atoms with Crippen molar-refractivity contribution < 1.29 is 9.84 Å². The Hall–Kier alpha value is -0.910. The highest BCUT2D eigenvalue weighted by Crippen LogP contribution is 2.48. The highest BCUT2D eigenvalue weighted by molar-refractivity contribution is 6.30. The first-order valence-corrected chi connectivity index (χ1v) is 7.67. The van der Waals surface area contributed by atoms with E-state index in [4.69, 9.17) is 16.3 Å². The van der Waals surface area contributed by atoms with Gasteiger partial charge >= 0.3 is 0 Å². The fourth-order valence-corrected chi connectivity index (χ4v) is 3.50. The molecule has 2 atom stereocenters. The molecule has 2 saturated carbocycles. The average Bonchev–Trinajstić information content (AvgIpc) is 3.07. The van der Waals surface area contributed by atoms with Gasteiger partial charge in [0, 0.05) is 17.5 Å². The number of nitrogens with zero attached hydrogens (tertiary/aromatic N) is 2. The molecule has 108 valence electrons. The molecule has 1 aliphatic heterocycles. The lowest BCUT2D eigenvalue weighted by Crippen LogP contribution is -2.31. The van der Waals surface area contributed by atoms with Crippen LogP contribution in [0.15, 0.2) is 0 Å². The van der Waals surface area contributed by atoms with Crippen molar-refractivity contribution in [2.75, 3.05) is 5.32 Å². The predicted molar refractivity (Wildman–Crippen MR) is 74.8 cm³/mol. The Kier molecular flexibility index (Phi) is 2.91. The Bertz CT molecular complexity index is 547. The fourth-order valence-electron chi connectivity index (χ4n) is 3.28. The van der Waals surface area contributed by atoms with Gasteiger partial charge in [-0.1, -0.05) is 11.6 Å². The zero-order chi connectivity index (χ0) is 13.7. The second-order valence-corrected chi connectivity index (χ2v) is 6.55. The number of aliphatic hydroxyl groups excluding tert-OH is 1. The highest BCUT2D eigenvalue weighted by Gasteiger charge is 2.48. The molecule has 0 bridgehead atoms. The molecule has 0 radical (unpaired) electrons. The molecule has 0 aromatic carbocycles. The van der Waals surface area contributed by atoms with Crippen molar-refractivity contribution in [3.05, 3.63) is 16.3 Å². The number of hydrogen-bond donors (Lipinski definition) is 2. The van der Waals surface area contributed by atoms with E-state index in [1.54, 1.807) is 0 Å². The van der Waals surface area contributed by atoms with Crippen molar-refractivity contribution in [3.8, 4) is 0 Å². The second kappa shape index (κ2) is 4.55. The number of nitrogens with one attached hydrogen (secondary N) is 1. The third-order valence-electron chi connectivity index (χ3n) is 4.77. The predicted octanol–water partition coefficient (Wildman–Crippen LogP) is 2.06. The standard InChI is InChI=1S/C14H18ClN3O2/c15-12-8-6-14(4-5-14)20-7-9(8)13(18-17-12)16-10-2-1-3-11(10)19/h10-11,19H,1-7H2,(H,16,18)/t10-,11-/m1/s1. The molecule has 0 unspecified atom stereocenters. The molecule has 1 aromatic heterocycles. The van der Waals surface area contributed by atoms with E-state index in [1.807, 2.05) is 0 Å². The SMILES string of the molecule is O[C@@H]1CCC[C@H]1Nc1nnc(Cl)c2c1COC1(CC1)C2. The summed E-state index contributed by atoms with van der Waals surface area (Å²) in [6.45, 7) is 0.537. The van der Waals surface area contributed by atoms with Gasteiger partial charge in [0.15, 0.2) is 11.0 Å². The van der Waals surface area contributed by atoms with Crippen LogP contribution in [0.4, 0.5) is 5.82 Å². The number of halogens is 1. The molecule has 2 aliphatic carbocycles. The summed E-state index contributed by atoms with van der Waals surface area (Å²) in [6.07, 6.45) is 5.60. The third-order valence-corrected chi connectivity index (χ3v) is 5.07. The molecular formula is C14H18ClN3O2. The smallest absolute Gasteiger partial charge is 0.155 e. The summed E-state index contributed by atoms with van der Waals surface area (Å²) in [5.74, 6) is 0.728. The molecule has 2 fully saturated rings. The first-order valence-electron chi connectivity index (χ1n) is 7.29. The number of hydrogen-bond acceptors (Lipinski definition) is 5. The number of ether oxygens (including phenoxy) is 1. The Morgan fingerprint density at radius 1 is 1.25 bits per heavy atom. The van der Waals surface area contributed by atoms with Crippen molar-refractivity contribution in [1.29, 1.82) is 0 Å². The largest absolute Gasteiger partial charge is 0.391 e. The summed E-state index contributed by atoms with van der Waals surface area (Å²) >= 11 is 6.21. The van der Waals surface area contributed by atoms with Crippen molar-refractivity contribution in [3.63, 3.8) is 0 Å². The van der Waals surface area contributed by atoms with E-state index in [1.165, 1.54) is 0 Å². The number of fused-ring (bicyclic) bond motifs is 1. The van der Waals surface area contributed by atoms with E-state index in [-0.39, 0.29) is 17.7 Å². The lowest BCUT2D eigenvalue weighted by atomic mass is 10.00. The minimum absolute atomic E-state index is 0.0177. The third kappa shape index (κ3) is 2.08. The second-order valence-electron chi connectivity index (χ2n) is 6.19. The van der Waals surface area contributed by atoms with E-state index in [2.05, 4.69) is 15.5 Å². The van der Waals surface area contributed by atoms with E-state index >= 15 is 0 Å². The first kappa shape index (κ1) is 12.8. The summed E-state index contributed by atoms with van der Waals surface area (Å²) in [5.41, 5.74) is 2.10. The van der Waals surface area contributed by atoms with Gasteiger partial charge in [-0.2, -0.15) is 0 Å². The van der Waals surface area contributed by atoms with Crippen LogP contribution < -0.4 is 5.32 Å². The summed E-state index contributed by atoms with van der Waals surface area (Å²) in [4.78, 5) is 0. The first-order chi connectivity index (χ1) is 9.67. The van der Waals surface area contributed by atoms with Crippen LogP contribution in [0.3, 0.4) is 0 Å². The maximum atomic E-state index is 9.93. The van der Waals surface area contributed by atoms with Crippen LogP contribution in [0.25, 0.3) is 0 Å². The molecule has 3 aliphatic rings. The van der Waals surface area contributed by atoms with Crippen LogP contribution in [-0.4, -0.2) is 33.1 Å². The van der Waals surface area contributed by atoms with Crippen LogP contribution in [0.1, 0.15) is 43.2 Å². The van der Waals surface area contributed by atoms with E-state index in [0.29, 0.717) is 11.8 Å². The lowest BCUT2D eigenvalue weighted by Gasteiger charge is -2.28. The molecule has 6 heteroatoms. The minimum Gasteiger partial charge on any atom is -0.391 e. The van der Waals surface area contributed by atoms with Gasteiger partial charge < -0.3 is 15.2 Å². The molecule has 20 heavy (non-hydrogen) atoms. The minimum atomic E-state index is -0.303. The van der Waals surface area contributed by atoms with Crippen molar-refractivity contribution >= 4 is 17.4 Å². The summed E-state index contributed by atoms with van der Waals surface area (Å²) in [5, 5.41) is 22.0. The number of anilines is 1. The maximum absolute atomic E-state index is 9.93. The van der Waals surface area contributed by atoms with Crippen LogP contribution in [0.2, 0.25) is 5.15 Å². The molecule has 1 spiro atoms. The van der Waals surface area contributed by atoms with Crippen molar-refractivity contribution in [1.82, 2.24) is 10.2 Å². The molecular weight excluding hydrogens is 278 g/mol. The van der Waals surface area contributed by atoms with Gasteiger partial charge in [0.25, 0.3) is 0 Å². The van der Waals surface area contributed by atoms with Crippen LogP contribution >= 0.6 is 11.6 Å². The molecule has 0 saturated heterocycles. The van der Waals surface area contributed by atoms with Crippen molar-refractivity contribution in [2.45, 2.75) is 62.9 Å². The monoisotopic (exact) mass is 295 g/mol. The quantitative estimate of drug-likeness (QED) is 0.874. The molecule has 5 nitrogen and oxygen atoms in total. The van der Waals surface area contributed by atoms with Gasteiger partial charge in [-0.15, -0.1) is 10.2 Å². The highest BCUT2D eigenvalue weighted by atomic mass is 35.5. The topological polar surface area (TPSA) is 67.3 Å². The molecule has 2 heterocycles. The molecule has 0 amide bonds. The Morgan fingerprint density at radius 3 is 2.80 bits per heavy atom. The molecule has 4 rings (SSSR count). The average molecular weight is 296 g/mol. The normalized spacial score (nSPS) is 30.3. The van der Waals surface area contributed by atoms with Gasteiger partial charge in [-0.25, -0.2) is 0 Å². The Morgan fingerprint density at radius 2 is 2.10 bits per heavy atom.